The maximum Gasteiger partial charge on any atom is 0.219 e. The third-order valence-corrected chi connectivity index (χ3v) is 7.23. The Morgan fingerprint density at radius 1 is 1.21 bits per heavy atom. The second-order valence-electron chi connectivity index (χ2n) is 8.14. The van der Waals surface area contributed by atoms with Gasteiger partial charge in [-0.05, 0) is 42.9 Å². The fourth-order valence-corrected chi connectivity index (χ4v) is 5.79. The van der Waals surface area contributed by atoms with Crippen molar-refractivity contribution in [3.8, 4) is 11.4 Å². The van der Waals surface area contributed by atoms with Crippen LogP contribution >= 0.6 is 11.3 Å². The maximum absolute atomic E-state index is 11.8. The third-order valence-electron chi connectivity index (χ3n) is 6.08. The van der Waals surface area contributed by atoms with E-state index < -0.39 is 0 Å². The second kappa shape index (κ2) is 7.37. The highest BCUT2D eigenvalue weighted by molar-refractivity contribution is 7.19. The topological polar surface area (TPSA) is 62.2 Å². The van der Waals surface area contributed by atoms with Gasteiger partial charge in [0.1, 0.15) is 10.6 Å². The average Bonchev–Trinajstić information content (AvgIpc) is 3.11. The molecule has 0 radical (unpaired) electrons. The number of thiophene rings is 1. The van der Waals surface area contributed by atoms with Crippen LogP contribution in [-0.2, 0) is 17.6 Å². The molecule has 5 rings (SSSR count). The highest BCUT2D eigenvalue weighted by Gasteiger charge is 2.28. The van der Waals surface area contributed by atoms with Gasteiger partial charge in [-0.3, -0.25) is 9.78 Å². The number of amides is 1. The molecule has 1 saturated heterocycles. The summed E-state index contributed by atoms with van der Waals surface area (Å²) in [6, 6.07) is 3.94. The van der Waals surface area contributed by atoms with Crippen LogP contribution in [0, 0.1) is 5.92 Å². The van der Waals surface area contributed by atoms with Crippen molar-refractivity contribution in [1.82, 2.24) is 19.9 Å². The Balaban J connectivity index is 1.63. The van der Waals surface area contributed by atoms with Gasteiger partial charge in [0.25, 0.3) is 0 Å². The lowest BCUT2D eigenvalue weighted by Gasteiger charge is -2.35. The van der Waals surface area contributed by atoms with Gasteiger partial charge in [-0.25, -0.2) is 9.97 Å². The lowest BCUT2D eigenvalue weighted by atomic mass is 9.89. The molecule has 150 valence electrons. The monoisotopic (exact) mass is 407 g/mol. The van der Waals surface area contributed by atoms with Gasteiger partial charge in [0, 0.05) is 55.9 Å². The molecular weight excluding hydrogens is 382 g/mol. The highest BCUT2D eigenvalue weighted by atomic mass is 32.1. The number of fused-ring (bicyclic) bond motifs is 3. The van der Waals surface area contributed by atoms with Gasteiger partial charge in [-0.1, -0.05) is 6.92 Å². The van der Waals surface area contributed by atoms with Crippen LogP contribution in [0.2, 0.25) is 0 Å². The van der Waals surface area contributed by atoms with E-state index in [1.54, 1.807) is 13.1 Å². The number of piperazine rings is 1. The third kappa shape index (κ3) is 3.37. The molecule has 3 aromatic heterocycles. The van der Waals surface area contributed by atoms with Crippen LogP contribution in [-0.4, -0.2) is 51.9 Å². The summed E-state index contributed by atoms with van der Waals surface area (Å²) in [6.45, 7) is 7.08. The maximum atomic E-state index is 11.8. The minimum absolute atomic E-state index is 0.149. The number of hydrogen-bond acceptors (Lipinski definition) is 6. The standard InChI is InChI=1S/C22H25N5OS/c1-14-5-6-17-18(12-14)29-22-19(17)21(27-10-8-26(9-11-27)15(2)28)24-20(25-22)16-4-3-7-23-13-16/h3-4,7,13-14H,5-6,8-12H2,1-2H3/t14-/m0/s1. The fourth-order valence-electron chi connectivity index (χ4n) is 4.41. The van der Waals surface area contributed by atoms with Gasteiger partial charge in [0.2, 0.25) is 5.91 Å². The van der Waals surface area contributed by atoms with Crippen LogP contribution in [0.5, 0.6) is 0 Å². The first kappa shape index (κ1) is 18.5. The molecule has 1 atom stereocenters. The zero-order chi connectivity index (χ0) is 20.0. The van der Waals surface area contributed by atoms with E-state index in [4.69, 9.17) is 9.97 Å². The molecule has 2 aliphatic rings. The van der Waals surface area contributed by atoms with Gasteiger partial charge in [-0.2, -0.15) is 0 Å². The van der Waals surface area contributed by atoms with Crippen molar-refractivity contribution in [2.24, 2.45) is 5.92 Å². The molecule has 29 heavy (non-hydrogen) atoms. The van der Waals surface area contributed by atoms with Crippen LogP contribution in [0.25, 0.3) is 21.6 Å². The van der Waals surface area contributed by atoms with E-state index in [9.17, 15) is 4.79 Å². The number of anilines is 1. The minimum Gasteiger partial charge on any atom is -0.352 e. The average molecular weight is 408 g/mol. The quantitative estimate of drug-likeness (QED) is 0.650. The van der Waals surface area contributed by atoms with Crippen LogP contribution in [0.3, 0.4) is 0 Å². The van der Waals surface area contributed by atoms with Crippen LogP contribution in [0.4, 0.5) is 5.82 Å². The Hall–Kier alpha value is -2.54. The summed E-state index contributed by atoms with van der Waals surface area (Å²) in [7, 11) is 0. The Morgan fingerprint density at radius 3 is 2.76 bits per heavy atom. The first-order valence-electron chi connectivity index (χ1n) is 10.3. The molecule has 1 amide bonds. The number of aryl methyl sites for hydroxylation is 1. The number of aromatic nitrogens is 3. The summed E-state index contributed by atoms with van der Waals surface area (Å²) < 4.78 is 0. The molecule has 0 N–H and O–H groups in total. The van der Waals surface area contributed by atoms with E-state index >= 15 is 0 Å². The molecule has 0 bridgehead atoms. The number of rotatable bonds is 2. The summed E-state index contributed by atoms with van der Waals surface area (Å²) >= 11 is 1.83. The Bertz CT molecular complexity index is 1060. The molecule has 0 aromatic carbocycles. The van der Waals surface area contributed by atoms with E-state index in [2.05, 4.69) is 16.8 Å². The number of carbonyl (C=O) groups is 1. The van der Waals surface area contributed by atoms with Gasteiger partial charge in [-0.15, -0.1) is 11.3 Å². The molecule has 3 aromatic rings. The van der Waals surface area contributed by atoms with Crippen molar-refractivity contribution < 1.29 is 4.79 Å². The predicted molar refractivity (Wildman–Crippen MR) is 116 cm³/mol. The number of pyridine rings is 1. The van der Waals surface area contributed by atoms with E-state index in [0.717, 1.165) is 67.0 Å². The van der Waals surface area contributed by atoms with Crippen LogP contribution in [0.15, 0.2) is 24.5 Å². The fraction of sp³-hybridized carbons (Fsp3) is 0.455. The Labute approximate surface area is 174 Å². The normalized spacial score (nSPS) is 19.4. The van der Waals surface area contributed by atoms with Gasteiger partial charge in [0.15, 0.2) is 5.82 Å². The molecule has 0 saturated carbocycles. The summed E-state index contributed by atoms with van der Waals surface area (Å²) in [5, 5.41) is 1.24. The van der Waals surface area contributed by atoms with E-state index in [1.165, 1.54) is 22.2 Å². The lowest BCUT2D eigenvalue weighted by Crippen LogP contribution is -2.48. The van der Waals surface area contributed by atoms with Crippen molar-refractivity contribution in [2.45, 2.75) is 33.1 Å². The smallest absolute Gasteiger partial charge is 0.219 e. The minimum atomic E-state index is 0.149. The van der Waals surface area contributed by atoms with Crippen LogP contribution < -0.4 is 4.90 Å². The van der Waals surface area contributed by atoms with Crippen molar-refractivity contribution in [1.29, 1.82) is 0 Å². The first-order chi connectivity index (χ1) is 14.1. The molecule has 7 heteroatoms. The molecule has 0 unspecified atom stereocenters. The summed E-state index contributed by atoms with van der Waals surface area (Å²) in [5.41, 5.74) is 2.39. The molecule has 6 nitrogen and oxygen atoms in total. The van der Waals surface area contributed by atoms with Gasteiger partial charge < -0.3 is 9.80 Å². The number of carbonyl (C=O) groups excluding carboxylic acids is 1. The SMILES string of the molecule is CC(=O)N1CCN(c2nc(-c3cccnc3)nc3sc4c(c23)CC[C@H](C)C4)CC1. The molecule has 4 heterocycles. The van der Waals surface area contributed by atoms with Crippen molar-refractivity contribution in [3.63, 3.8) is 0 Å². The zero-order valence-electron chi connectivity index (χ0n) is 16.9. The largest absolute Gasteiger partial charge is 0.352 e. The summed E-state index contributed by atoms with van der Waals surface area (Å²) in [4.78, 5) is 32.8. The second-order valence-corrected chi connectivity index (χ2v) is 9.22. The molecule has 1 fully saturated rings. The first-order valence-corrected chi connectivity index (χ1v) is 11.1. The van der Waals surface area contributed by atoms with Gasteiger partial charge >= 0.3 is 0 Å². The Kier molecular flexibility index (Phi) is 4.70. The predicted octanol–water partition coefficient (Wildman–Crippen LogP) is 3.55. The van der Waals surface area contributed by atoms with Crippen molar-refractivity contribution in [2.75, 3.05) is 31.1 Å². The van der Waals surface area contributed by atoms with Crippen molar-refractivity contribution >= 4 is 33.3 Å². The van der Waals surface area contributed by atoms with Crippen LogP contribution in [0.1, 0.15) is 30.7 Å². The van der Waals surface area contributed by atoms with E-state index in [-0.39, 0.29) is 5.91 Å². The van der Waals surface area contributed by atoms with Gasteiger partial charge in [0.05, 0.1) is 5.39 Å². The summed E-state index contributed by atoms with van der Waals surface area (Å²) in [5.74, 6) is 2.64. The van der Waals surface area contributed by atoms with E-state index in [0.29, 0.717) is 0 Å². The highest BCUT2D eigenvalue weighted by Crippen LogP contribution is 2.42. The lowest BCUT2D eigenvalue weighted by molar-refractivity contribution is -0.129. The molecule has 1 aliphatic heterocycles. The molecular formula is C22H25N5OS. The Morgan fingerprint density at radius 2 is 2.03 bits per heavy atom. The molecule has 0 spiro atoms. The van der Waals surface area contributed by atoms with E-state index in [1.807, 2.05) is 34.6 Å². The molecule has 1 aliphatic carbocycles. The zero-order valence-corrected chi connectivity index (χ0v) is 17.7. The summed E-state index contributed by atoms with van der Waals surface area (Å²) in [6.07, 6.45) is 7.06. The number of nitrogens with zero attached hydrogens (tertiary/aromatic N) is 5. The number of hydrogen-bond donors (Lipinski definition) is 0. The van der Waals surface area contributed by atoms with Crippen molar-refractivity contribution in [3.05, 3.63) is 35.0 Å².